The van der Waals surface area contributed by atoms with Gasteiger partial charge in [0.15, 0.2) is 5.96 Å². The van der Waals surface area contributed by atoms with E-state index in [1.807, 2.05) is 42.5 Å². The third kappa shape index (κ3) is 7.31. The zero-order valence-corrected chi connectivity index (χ0v) is 17.0. The molecular formula is C19H26IN3O2. The Kier molecular flexibility index (Phi) is 9.94. The molecule has 0 saturated carbocycles. The van der Waals surface area contributed by atoms with Crippen LogP contribution in [0.25, 0.3) is 0 Å². The lowest BCUT2D eigenvalue weighted by molar-refractivity contribution is 0.0652. The van der Waals surface area contributed by atoms with Crippen molar-refractivity contribution in [1.29, 1.82) is 0 Å². The van der Waals surface area contributed by atoms with Gasteiger partial charge in [-0.1, -0.05) is 42.5 Å². The molecule has 0 aliphatic heterocycles. The highest BCUT2D eigenvalue weighted by molar-refractivity contribution is 14.0. The Hall–Kier alpha value is -1.80. The fourth-order valence-corrected chi connectivity index (χ4v) is 2.27. The van der Waals surface area contributed by atoms with Crippen LogP contribution >= 0.6 is 24.0 Å². The standard InChI is InChI=1S/C19H25N3O2.HI/c1-15(16-9-4-3-5-10-16)24-14-8-13-21-19(20)22-17-11-6-7-12-18(17)23-2;/h3-7,9-12,15H,8,13-14H2,1-2H3,(H3,20,21,22);1H. The predicted octanol–water partition coefficient (Wildman–Crippen LogP) is 4.21. The van der Waals surface area contributed by atoms with Gasteiger partial charge in [-0.3, -0.25) is 4.99 Å². The molecule has 2 aromatic rings. The van der Waals surface area contributed by atoms with Gasteiger partial charge in [-0.25, -0.2) is 0 Å². The molecule has 2 aromatic carbocycles. The Balaban J connectivity index is 0.00000312. The number of nitrogens with one attached hydrogen (secondary N) is 1. The first-order chi connectivity index (χ1) is 11.7. The molecule has 2 rings (SSSR count). The van der Waals surface area contributed by atoms with Gasteiger partial charge in [0.1, 0.15) is 5.75 Å². The molecule has 1 unspecified atom stereocenters. The number of aliphatic imine (C=N–C) groups is 1. The number of ether oxygens (including phenoxy) is 2. The molecule has 6 heteroatoms. The predicted molar refractivity (Wildman–Crippen MR) is 114 cm³/mol. The van der Waals surface area contributed by atoms with E-state index in [9.17, 15) is 0 Å². The Morgan fingerprint density at radius 2 is 1.80 bits per heavy atom. The first-order valence-corrected chi connectivity index (χ1v) is 8.07. The highest BCUT2D eigenvalue weighted by atomic mass is 127. The normalized spacial score (nSPS) is 12.2. The fourth-order valence-electron chi connectivity index (χ4n) is 2.27. The van der Waals surface area contributed by atoms with E-state index in [0.29, 0.717) is 19.1 Å². The van der Waals surface area contributed by atoms with Gasteiger partial charge in [0, 0.05) is 13.2 Å². The summed E-state index contributed by atoms with van der Waals surface area (Å²) in [6.07, 6.45) is 0.894. The summed E-state index contributed by atoms with van der Waals surface area (Å²) in [5.41, 5.74) is 7.89. The van der Waals surface area contributed by atoms with Crippen molar-refractivity contribution in [3.05, 3.63) is 60.2 Å². The first-order valence-electron chi connectivity index (χ1n) is 8.07. The Bertz CT molecular complexity index is 650. The molecule has 0 bridgehead atoms. The zero-order valence-electron chi connectivity index (χ0n) is 14.6. The van der Waals surface area contributed by atoms with Gasteiger partial charge in [-0.15, -0.1) is 24.0 Å². The van der Waals surface area contributed by atoms with Crippen molar-refractivity contribution in [2.75, 3.05) is 25.6 Å². The van der Waals surface area contributed by atoms with Crippen LogP contribution in [0.15, 0.2) is 59.6 Å². The second-order valence-electron chi connectivity index (χ2n) is 5.37. The van der Waals surface area contributed by atoms with E-state index in [2.05, 4.69) is 29.4 Å². The van der Waals surface area contributed by atoms with Crippen molar-refractivity contribution in [2.45, 2.75) is 19.4 Å². The molecule has 0 aromatic heterocycles. The molecule has 0 fully saturated rings. The van der Waals surface area contributed by atoms with Crippen molar-refractivity contribution in [3.63, 3.8) is 0 Å². The lowest BCUT2D eigenvalue weighted by Gasteiger charge is -2.13. The highest BCUT2D eigenvalue weighted by Gasteiger charge is 2.04. The van der Waals surface area contributed by atoms with Gasteiger partial charge in [0.05, 0.1) is 18.9 Å². The van der Waals surface area contributed by atoms with Crippen molar-refractivity contribution < 1.29 is 9.47 Å². The lowest BCUT2D eigenvalue weighted by Crippen LogP contribution is -2.23. The Labute approximate surface area is 166 Å². The van der Waals surface area contributed by atoms with Gasteiger partial charge in [0.25, 0.3) is 0 Å². The lowest BCUT2D eigenvalue weighted by atomic mass is 10.1. The first kappa shape index (κ1) is 21.2. The van der Waals surface area contributed by atoms with Crippen molar-refractivity contribution in [3.8, 4) is 5.75 Å². The molecule has 25 heavy (non-hydrogen) atoms. The van der Waals surface area contributed by atoms with Crippen LogP contribution in [0.1, 0.15) is 25.0 Å². The summed E-state index contributed by atoms with van der Waals surface area (Å²) in [5, 5.41) is 3.05. The summed E-state index contributed by atoms with van der Waals surface area (Å²) in [5.74, 6) is 1.10. The monoisotopic (exact) mass is 455 g/mol. The maximum Gasteiger partial charge on any atom is 0.193 e. The number of guanidine groups is 1. The van der Waals surface area contributed by atoms with Crippen LogP contribution < -0.4 is 15.8 Å². The minimum Gasteiger partial charge on any atom is -0.495 e. The number of methoxy groups -OCH3 is 1. The summed E-state index contributed by atoms with van der Waals surface area (Å²) in [7, 11) is 1.62. The van der Waals surface area contributed by atoms with E-state index in [1.165, 1.54) is 5.56 Å². The Morgan fingerprint density at radius 3 is 2.52 bits per heavy atom. The van der Waals surface area contributed by atoms with Gasteiger partial charge in [-0.2, -0.15) is 0 Å². The van der Waals surface area contributed by atoms with Crippen LogP contribution in [0.3, 0.4) is 0 Å². The van der Waals surface area contributed by atoms with Crippen LogP contribution in [-0.2, 0) is 4.74 Å². The minimum atomic E-state index is 0. The summed E-state index contributed by atoms with van der Waals surface area (Å²) in [6.45, 7) is 3.30. The molecule has 0 heterocycles. The molecule has 0 amide bonds. The average Bonchev–Trinajstić information content (AvgIpc) is 2.62. The number of hydrogen-bond acceptors (Lipinski definition) is 3. The molecule has 1 atom stereocenters. The van der Waals surface area contributed by atoms with Gasteiger partial charge < -0.3 is 20.5 Å². The number of halogens is 1. The van der Waals surface area contributed by atoms with Crippen LogP contribution in [0.2, 0.25) is 0 Å². The topological polar surface area (TPSA) is 68.9 Å². The maximum absolute atomic E-state index is 5.90. The summed E-state index contributed by atoms with van der Waals surface area (Å²) in [6, 6.07) is 17.8. The SMILES string of the molecule is COc1ccccc1NC(N)=NCCCOC(C)c1ccccc1.I. The molecule has 0 spiro atoms. The van der Waals surface area contributed by atoms with Crippen molar-refractivity contribution >= 4 is 35.6 Å². The van der Waals surface area contributed by atoms with Gasteiger partial charge >= 0.3 is 0 Å². The van der Waals surface area contributed by atoms with Crippen LogP contribution in [0.4, 0.5) is 5.69 Å². The number of rotatable bonds is 8. The van der Waals surface area contributed by atoms with Gasteiger partial charge in [0.2, 0.25) is 0 Å². The van der Waals surface area contributed by atoms with Gasteiger partial charge in [-0.05, 0) is 31.0 Å². The van der Waals surface area contributed by atoms with E-state index in [0.717, 1.165) is 17.9 Å². The van der Waals surface area contributed by atoms with Crippen LogP contribution in [0.5, 0.6) is 5.75 Å². The second-order valence-corrected chi connectivity index (χ2v) is 5.37. The molecule has 5 nitrogen and oxygen atoms in total. The maximum atomic E-state index is 5.90. The molecule has 0 saturated heterocycles. The van der Waals surface area contributed by atoms with E-state index in [-0.39, 0.29) is 30.1 Å². The van der Waals surface area contributed by atoms with E-state index >= 15 is 0 Å². The molecule has 3 N–H and O–H groups in total. The highest BCUT2D eigenvalue weighted by Crippen LogP contribution is 2.22. The van der Waals surface area contributed by atoms with Crippen molar-refractivity contribution in [2.24, 2.45) is 10.7 Å². The number of nitrogens with zero attached hydrogens (tertiary/aromatic N) is 1. The van der Waals surface area contributed by atoms with E-state index in [4.69, 9.17) is 15.2 Å². The number of nitrogens with two attached hydrogens (primary N) is 1. The smallest absolute Gasteiger partial charge is 0.193 e. The minimum absolute atomic E-state index is 0. The number of para-hydroxylation sites is 2. The number of benzene rings is 2. The summed E-state index contributed by atoms with van der Waals surface area (Å²) < 4.78 is 11.1. The fraction of sp³-hybridized carbons (Fsp3) is 0.316. The van der Waals surface area contributed by atoms with Crippen molar-refractivity contribution in [1.82, 2.24) is 0 Å². The third-order valence-corrected chi connectivity index (χ3v) is 3.59. The summed E-state index contributed by atoms with van der Waals surface area (Å²) in [4.78, 5) is 4.31. The number of hydrogen-bond donors (Lipinski definition) is 2. The van der Waals surface area contributed by atoms with Crippen LogP contribution in [-0.4, -0.2) is 26.2 Å². The van der Waals surface area contributed by atoms with Crippen LogP contribution in [0, 0.1) is 0 Å². The largest absolute Gasteiger partial charge is 0.495 e. The number of anilines is 1. The van der Waals surface area contributed by atoms with E-state index in [1.54, 1.807) is 7.11 Å². The quantitative estimate of drug-likeness (QED) is 0.271. The summed E-state index contributed by atoms with van der Waals surface area (Å²) >= 11 is 0. The molecular weight excluding hydrogens is 429 g/mol. The third-order valence-electron chi connectivity index (χ3n) is 3.59. The zero-order chi connectivity index (χ0) is 17.2. The second kappa shape index (κ2) is 11.7. The van der Waals surface area contributed by atoms with E-state index < -0.39 is 0 Å². The molecule has 0 radical (unpaired) electrons. The molecule has 0 aliphatic rings. The Morgan fingerprint density at radius 1 is 1.12 bits per heavy atom. The molecule has 136 valence electrons. The average molecular weight is 455 g/mol. The molecule has 0 aliphatic carbocycles.